The Labute approximate surface area is 82.9 Å². The van der Waals surface area contributed by atoms with Crippen LogP contribution in [0.3, 0.4) is 0 Å². The van der Waals surface area contributed by atoms with Crippen LogP contribution in [0.1, 0.15) is 5.56 Å². The standard InChI is InChI=1S/C11H11NO2/c12-5-4-9-2-1-3-10(6-9)14-11-7-13-8-11/h1-3,6,11H,4,7-8H2. The Balaban J connectivity index is 2.02. The van der Waals surface area contributed by atoms with E-state index >= 15 is 0 Å². The van der Waals surface area contributed by atoms with Crippen molar-refractivity contribution >= 4 is 0 Å². The van der Waals surface area contributed by atoms with Gasteiger partial charge in [-0.2, -0.15) is 5.26 Å². The maximum absolute atomic E-state index is 8.54. The maximum atomic E-state index is 8.54. The molecule has 0 saturated carbocycles. The summed E-state index contributed by atoms with van der Waals surface area (Å²) in [5, 5.41) is 8.54. The van der Waals surface area contributed by atoms with Crippen LogP contribution in [0.4, 0.5) is 0 Å². The minimum absolute atomic E-state index is 0.187. The molecular formula is C11H11NO2. The van der Waals surface area contributed by atoms with Crippen molar-refractivity contribution in [3.05, 3.63) is 29.8 Å². The molecule has 3 nitrogen and oxygen atoms in total. The molecule has 0 radical (unpaired) electrons. The fraction of sp³-hybridized carbons (Fsp3) is 0.364. The van der Waals surface area contributed by atoms with Crippen LogP contribution in [0.5, 0.6) is 5.75 Å². The van der Waals surface area contributed by atoms with Gasteiger partial charge in [0.15, 0.2) is 0 Å². The highest BCUT2D eigenvalue weighted by atomic mass is 16.6. The van der Waals surface area contributed by atoms with Crippen LogP contribution in [-0.4, -0.2) is 19.3 Å². The van der Waals surface area contributed by atoms with Crippen molar-refractivity contribution in [1.82, 2.24) is 0 Å². The van der Waals surface area contributed by atoms with Gasteiger partial charge in [-0.05, 0) is 17.7 Å². The Kier molecular flexibility index (Phi) is 2.66. The fourth-order valence-electron chi connectivity index (χ4n) is 1.29. The van der Waals surface area contributed by atoms with Crippen molar-refractivity contribution < 1.29 is 9.47 Å². The summed E-state index contributed by atoms with van der Waals surface area (Å²) in [6.07, 6.45) is 0.616. The predicted molar refractivity (Wildman–Crippen MR) is 51.0 cm³/mol. The molecule has 1 aromatic carbocycles. The number of nitriles is 1. The van der Waals surface area contributed by atoms with Crippen LogP contribution in [0.15, 0.2) is 24.3 Å². The summed E-state index contributed by atoms with van der Waals surface area (Å²) in [5.74, 6) is 0.825. The molecule has 3 heteroatoms. The van der Waals surface area contributed by atoms with Gasteiger partial charge in [-0.25, -0.2) is 0 Å². The second kappa shape index (κ2) is 4.12. The summed E-state index contributed by atoms with van der Waals surface area (Å²) >= 11 is 0. The van der Waals surface area contributed by atoms with E-state index in [0.717, 1.165) is 11.3 Å². The average Bonchev–Trinajstić information content (AvgIpc) is 2.13. The number of hydrogen-bond acceptors (Lipinski definition) is 3. The molecule has 1 aromatic rings. The Morgan fingerprint density at radius 1 is 1.50 bits per heavy atom. The van der Waals surface area contributed by atoms with Gasteiger partial charge in [0, 0.05) is 0 Å². The molecule has 72 valence electrons. The lowest BCUT2D eigenvalue weighted by Gasteiger charge is -2.26. The lowest BCUT2D eigenvalue weighted by atomic mass is 10.1. The molecule has 1 aliphatic heterocycles. The predicted octanol–water partition coefficient (Wildman–Crippen LogP) is 1.53. The molecule has 0 aromatic heterocycles. The first-order chi connectivity index (χ1) is 6.88. The van der Waals surface area contributed by atoms with Crippen molar-refractivity contribution in [2.45, 2.75) is 12.5 Å². The molecule has 1 heterocycles. The molecule has 0 bridgehead atoms. The van der Waals surface area contributed by atoms with E-state index in [4.69, 9.17) is 14.7 Å². The topological polar surface area (TPSA) is 42.2 Å². The van der Waals surface area contributed by atoms with Crippen molar-refractivity contribution in [2.24, 2.45) is 0 Å². The molecular weight excluding hydrogens is 178 g/mol. The molecule has 1 aliphatic rings. The zero-order valence-electron chi connectivity index (χ0n) is 7.77. The molecule has 2 rings (SSSR count). The van der Waals surface area contributed by atoms with Gasteiger partial charge < -0.3 is 9.47 Å². The quantitative estimate of drug-likeness (QED) is 0.724. The number of benzene rings is 1. The molecule has 1 fully saturated rings. The van der Waals surface area contributed by atoms with Crippen molar-refractivity contribution in [1.29, 1.82) is 5.26 Å². The second-order valence-electron chi connectivity index (χ2n) is 3.26. The zero-order chi connectivity index (χ0) is 9.80. The van der Waals surface area contributed by atoms with Crippen LogP contribution in [0, 0.1) is 11.3 Å². The first kappa shape index (κ1) is 9.04. The third kappa shape index (κ3) is 2.04. The third-order valence-corrected chi connectivity index (χ3v) is 2.09. The number of hydrogen-bond donors (Lipinski definition) is 0. The average molecular weight is 189 g/mol. The maximum Gasteiger partial charge on any atom is 0.145 e. The van der Waals surface area contributed by atoms with Gasteiger partial charge in [-0.3, -0.25) is 0 Å². The highest BCUT2D eigenvalue weighted by Crippen LogP contribution is 2.17. The minimum atomic E-state index is 0.187. The largest absolute Gasteiger partial charge is 0.486 e. The lowest BCUT2D eigenvalue weighted by Crippen LogP contribution is -2.38. The highest BCUT2D eigenvalue weighted by molar-refractivity contribution is 5.30. The minimum Gasteiger partial charge on any atom is -0.486 e. The molecule has 14 heavy (non-hydrogen) atoms. The lowest BCUT2D eigenvalue weighted by molar-refractivity contribution is -0.0797. The van der Waals surface area contributed by atoms with Crippen LogP contribution in [-0.2, 0) is 11.2 Å². The fourth-order valence-corrected chi connectivity index (χ4v) is 1.29. The van der Waals surface area contributed by atoms with Gasteiger partial charge in [0.2, 0.25) is 0 Å². The van der Waals surface area contributed by atoms with E-state index < -0.39 is 0 Å². The summed E-state index contributed by atoms with van der Waals surface area (Å²) in [7, 11) is 0. The highest BCUT2D eigenvalue weighted by Gasteiger charge is 2.19. The summed E-state index contributed by atoms with van der Waals surface area (Å²) < 4.78 is 10.6. The second-order valence-corrected chi connectivity index (χ2v) is 3.26. The van der Waals surface area contributed by atoms with Gasteiger partial charge in [-0.15, -0.1) is 0 Å². The molecule has 0 spiro atoms. The van der Waals surface area contributed by atoms with Crippen molar-refractivity contribution in [3.8, 4) is 11.8 Å². The van der Waals surface area contributed by atoms with E-state index in [-0.39, 0.29) is 6.10 Å². The van der Waals surface area contributed by atoms with Gasteiger partial charge >= 0.3 is 0 Å². The molecule has 0 aliphatic carbocycles. The van der Waals surface area contributed by atoms with Crippen LogP contribution >= 0.6 is 0 Å². The summed E-state index contributed by atoms with van der Waals surface area (Å²) in [6.45, 7) is 1.34. The Morgan fingerprint density at radius 2 is 2.36 bits per heavy atom. The normalized spacial score (nSPS) is 15.6. The van der Waals surface area contributed by atoms with Gasteiger partial charge in [-0.1, -0.05) is 12.1 Å². The number of nitrogens with zero attached hydrogens (tertiary/aromatic N) is 1. The summed E-state index contributed by atoms with van der Waals surface area (Å²) in [6, 6.07) is 9.75. The van der Waals surface area contributed by atoms with Crippen molar-refractivity contribution in [3.63, 3.8) is 0 Å². The number of ether oxygens (including phenoxy) is 2. The zero-order valence-corrected chi connectivity index (χ0v) is 7.77. The molecule has 0 atom stereocenters. The van der Waals surface area contributed by atoms with E-state index in [9.17, 15) is 0 Å². The van der Waals surface area contributed by atoms with Gasteiger partial charge in [0.25, 0.3) is 0 Å². The third-order valence-electron chi connectivity index (χ3n) is 2.09. The molecule has 0 amide bonds. The van der Waals surface area contributed by atoms with E-state index in [1.165, 1.54) is 0 Å². The smallest absolute Gasteiger partial charge is 0.145 e. The van der Waals surface area contributed by atoms with Crippen molar-refractivity contribution in [2.75, 3.05) is 13.2 Å². The first-order valence-electron chi connectivity index (χ1n) is 4.59. The van der Waals surface area contributed by atoms with E-state index in [0.29, 0.717) is 19.6 Å². The molecule has 1 saturated heterocycles. The van der Waals surface area contributed by atoms with Gasteiger partial charge in [0.1, 0.15) is 11.9 Å². The molecule has 0 unspecified atom stereocenters. The Morgan fingerprint density at radius 3 is 3.00 bits per heavy atom. The van der Waals surface area contributed by atoms with Crippen LogP contribution < -0.4 is 4.74 Å². The van der Waals surface area contributed by atoms with Crippen LogP contribution in [0.2, 0.25) is 0 Å². The SMILES string of the molecule is N#CCc1cccc(OC2COC2)c1. The van der Waals surface area contributed by atoms with Gasteiger partial charge in [0.05, 0.1) is 25.7 Å². The Bertz CT molecular complexity index is 353. The summed E-state index contributed by atoms with van der Waals surface area (Å²) in [5.41, 5.74) is 0.991. The molecule has 0 N–H and O–H groups in total. The van der Waals surface area contributed by atoms with E-state index in [1.807, 2.05) is 24.3 Å². The van der Waals surface area contributed by atoms with Crippen LogP contribution in [0.25, 0.3) is 0 Å². The first-order valence-corrected chi connectivity index (χ1v) is 4.59. The number of rotatable bonds is 3. The summed E-state index contributed by atoms with van der Waals surface area (Å²) in [4.78, 5) is 0. The monoisotopic (exact) mass is 189 g/mol. The Hall–Kier alpha value is -1.53. The van der Waals surface area contributed by atoms with E-state index in [2.05, 4.69) is 6.07 Å². The van der Waals surface area contributed by atoms with E-state index in [1.54, 1.807) is 0 Å².